The van der Waals surface area contributed by atoms with Crippen LogP contribution in [0.4, 0.5) is 14.5 Å². The zero-order valence-corrected chi connectivity index (χ0v) is 12.6. The van der Waals surface area contributed by atoms with Crippen molar-refractivity contribution in [3.05, 3.63) is 64.0 Å². The number of non-ortho nitro benzene ring substituents is 1. The maximum atomic E-state index is 13.3. The Kier molecular flexibility index (Phi) is 4.38. The molecule has 0 bridgehead atoms. The van der Waals surface area contributed by atoms with E-state index in [1.165, 1.54) is 18.2 Å². The molecule has 3 aromatic rings. The van der Waals surface area contributed by atoms with Gasteiger partial charge in [0.1, 0.15) is 12.4 Å². The van der Waals surface area contributed by atoms with E-state index in [1.807, 2.05) is 0 Å². The minimum absolute atomic E-state index is 0.0219. The number of halogens is 2. The molecule has 0 atom stereocenters. The van der Waals surface area contributed by atoms with Crippen LogP contribution in [0, 0.1) is 10.1 Å². The highest BCUT2D eigenvalue weighted by Crippen LogP contribution is 2.26. The topological polar surface area (TPSA) is 87.3 Å². The molecule has 9 heteroatoms. The zero-order chi connectivity index (χ0) is 18.0. The number of hydrogen-bond donors (Lipinski definition) is 0. The van der Waals surface area contributed by atoms with Crippen LogP contribution in [0.25, 0.3) is 11.0 Å². The molecule has 1 heterocycles. The number of alkyl halides is 2. The highest BCUT2D eigenvalue weighted by molar-refractivity contribution is 5.80. The standard InChI is InChI=1S/C16H11F2N3O4/c17-16(18)20-13-4-2-1-3-12(13)19-15(20)9-25-14-6-5-11(21(23)24)7-10(14)8-22/h1-8,16H,9H2. The Labute approximate surface area is 139 Å². The number of nitro benzene ring substituents is 1. The van der Waals surface area contributed by atoms with Gasteiger partial charge < -0.3 is 4.74 Å². The largest absolute Gasteiger partial charge is 0.485 e. The molecule has 0 unspecified atom stereocenters. The minimum Gasteiger partial charge on any atom is -0.485 e. The molecule has 25 heavy (non-hydrogen) atoms. The van der Waals surface area contributed by atoms with Crippen LogP contribution in [0.2, 0.25) is 0 Å². The van der Waals surface area contributed by atoms with E-state index >= 15 is 0 Å². The van der Waals surface area contributed by atoms with Gasteiger partial charge in [-0.2, -0.15) is 8.78 Å². The third-order valence-corrected chi connectivity index (χ3v) is 3.55. The zero-order valence-electron chi connectivity index (χ0n) is 12.6. The van der Waals surface area contributed by atoms with E-state index in [2.05, 4.69) is 4.98 Å². The molecule has 0 radical (unpaired) electrons. The number of fused-ring (bicyclic) bond motifs is 1. The monoisotopic (exact) mass is 347 g/mol. The van der Waals surface area contributed by atoms with Gasteiger partial charge in [0.2, 0.25) is 0 Å². The van der Waals surface area contributed by atoms with Gasteiger partial charge in [-0.15, -0.1) is 0 Å². The number of nitro groups is 1. The van der Waals surface area contributed by atoms with Crippen molar-refractivity contribution in [1.82, 2.24) is 9.55 Å². The van der Waals surface area contributed by atoms with E-state index in [9.17, 15) is 23.7 Å². The molecule has 128 valence electrons. The number of hydrogen-bond acceptors (Lipinski definition) is 5. The van der Waals surface area contributed by atoms with Crippen LogP contribution in [0.3, 0.4) is 0 Å². The van der Waals surface area contributed by atoms with Gasteiger partial charge in [-0.1, -0.05) is 12.1 Å². The summed E-state index contributed by atoms with van der Waals surface area (Å²) >= 11 is 0. The summed E-state index contributed by atoms with van der Waals surface area (Å²) < 4.78 is 32.8. The number of ether oxygens (including phenoxy) is 1. The molecule has 0 spiro atoms. The summed E-state index contributed by atoms with van der Waals surface area (Å²) in [6, 6.07) is 9.88. The van der Waals surface area contributed by atoms with Gasteiger partial charge in [0.25, 0.3) is 5.69 Å². The molecule has 0 N–H and O–H groups in total. The second-order valence-corrected chi connectivity index (χ2v) is 5.05. The normalized spacial score (nSPS) is 11.0. The summed E-state index contributed by atoms with van der Waals surface area (Å²) in [6.07, 6.45) is 0.401. The molecule has 0 aliphatic heterocycles. The summed E-state index contributed by atoms with van der Waals surface area (Å²) in [5, 5.41) is 10.7. The summed E-state index contributed by atoms with van der Waals surface area (Å²) in [6.45, 7) is -3.13. The minimum atomic E-state index is -2.81. The lowest BCUT2D eigenvalue weighted by Gasteiger charge is -2.10. The van der Waals surface area contributed by atoms with Crippen LogP contribution in [0.5, 0.6) is 5.75 Å². The number of aromatic nitrogens is 2. The quantitative estimate of drug-likeness (QED) is 0.385. The lowest BCUT2D eigenvalue weighted by molar-refractivity contribution is -0.384. The van der Waals surface area contributed by atoms with Gasteiger partial charge in [-0.25, -0.2) is 4.98 Å². The Morgan fingerprint density at radius 2 is 2.04 bits per heavy atom. The summed E-state index contributed by atoms with van der Waals surface area (Å²) in [4.78, 5) is 25.3. The number of carbonyl (C=O) groups excluding carboxylic acids is 1. The maximum Gasteiger partial charge on any atom is 0.320 e. The van der Waals surface area contributed by atoms with Gasteiger partial charge in [0, 0.05) is 12.1 Å². The number of para-hydroxylation sites is 2. The van der Waals surface area contributed by atoms with Crippen molar-refractivity contribution in [3.8, 4) is 5.75 Å². The molecule has 0 saturated heterocycles. The Bertz CT molecular complexity index is 956. The Morgan fingerprint density at radius 1 is 1.28 bits per heavy atom. The lowest BCUT2D eigenvalue weighted by atomic mass is 10.2. The number of rotatable bonds is 6. The van der Waals surface area contributed by atoms with E-state index in [4.69, 9.17) is 4.74 Å². The molecule has 7 nitrogen and oxygen atoms in total. The van der Waals surface area contributed by atoms with E-state index in [-0.39, 0.29) is 34.9 Å². The lowest BCUT2D eigenvalue weighted by Crippen LogP contribution is -2.08. The average Bonchev–Trinajstić information content (AvgIpc) is 2.98. The van der Waals surface area contributed by atoms with Gasteiger partial charge in [0.15, 0.2) is 12.1 Å². The second kappa shape index (κ2) is 6.63. The van der Waals surface area contributed by atoms with Crippen LogP contribution in [0.15, 0.2) is 42.5 Å². The molecular formula is C16H11F2N3O4. The van der Waals surface area contributed by atoms with Crippen LogP contribution in [-0.4, -0.2) is 20.8 Å². The van der Waals surface area contributed by atoms with Crippen LogP contribution in [-0.2, 0) is 6.61 Å². The molecule has 0 amide bonds. The van der Waals surface area contributed by atoms with E-state index in [0.717, 1.165) is 10.6 Å². The van der Waals surface area contributed by atoms with Crippen molar-refractivity contribution >= 4 is 23.0 Å². The molecule has 2 aromatic carbocycles. The molecule has 0 saturated carbocycles. The molecule has 0 aliphatic carbocycles. The summed E-state index contributed by atoms with van der Waals surface area (Å²) in [5.74, 6) is 0.0277. The Hall–Kier alpha value is -3.36. The first-order chi connectivity index (χ1) is 12.0. The van der Waals surface area contributed by atoms with Gasteiger partial charge in [0.05, 0.1) is 21.5 Å². The fraction of sp³-hybridized carbons (Fsp3) is 0.125. The number of imidazole rings is 1. The Morgan fingerprint density at radius 3 is 2.72 bits per heavy atom. The first-order valence-electron chi connectivity index (χ1n) is 7.11. The molecule has 1 aromatic heterocycles. The molecule has 3 rings (SSSR count). The average molecular weight is 347 g/mol. The highest BCUT2D eigenvalue weighted by atomic mass is 19.3. The van der Waals surface area contributed by atoms with Crippen molar-refractivity contribution in [1.29, 1.82) is 0 Å². The van der Waals surface area contributed by atoms with E-state index < -0.39 is 11.5 Å². The number of nitrogens with zero attached hydrogens (tertiary/aromatic N) is 3. The van der Waals surface area contributed by atoms with E-state index in [0.29, 0.717) is 11.8 Å². The fourth-order valence-electron chi connectivity index (χ4n) is 2.43. The smallest absolute Gasteiger partial charge is 0.320 e. The van der Waals surface area contributed by atoms with E-state index in [1.54, 1.807) is 18.2 Å². The van der Waals surface area contributed by atoms with Gasteiger partial charge in [-0.05, 0) is 18.2 Å². The molecule has 0 aliphatic rings. The van der Waals surface area contributed by atoms with Crippen LogP contribution in [0.1, 0.15) is 22.7 Å². The Balaban J connectivity index is 1.92. The number of aldehydes is 1. The van der Waals surface area contributed by atoms with Crippen LogP contribution < -0.4 is 4.74 Å². The number of benzene rings is 2. The highest BCUT2D eigenvalue weighted by Gasteiger charge is 2.19. The summed E-state index contributed by atoms with van der Waals surface area (Å²) in [7, 11) is 0. The van der Waals surface area contributed by atoms with Crippen molar-refractivity contribution < 1.29 is 23.2 Å². The SMILES string of the molecule is O=Cc1cc([N+](=O)[O-])ccc1OCc1nc2ccccc2n1C(F)F. The predicted octanol–water partition coefficient (Wildman–Crippen LogP) is 3.73. The molecule has 0 fully saturated rings. The number of carbonyl (C=O) groups is 1. The summed E-state index contributed by atoms with van der Waals surface area (Å²) in [5.41, 5.74) is 0.333. The second-order valence-electron chi connectivity index (χ2n) is 5.05. The molecular weight excluding hydrogens is 336 g/mol. The fourth-order valence-corrected chi connectivity index (χ4v) is 2.43. The van der Waals surface area contributed by atoms with Crippen molar-refractivity contribution in [3.63, 3.8) is 0 Å². The first kappa shape index (κ1) is 16.5. The van der Waals surface area contributed by atoms with Crippen LogP contribution >= 0.6 is 0 Å². The van der Waals surface area contributed by atoms with Crippen molar-refractivity contribution in [2.24, 2.45) is 0 Å². The maximum absolute atomic E-state index is 13.3. The third-order valence-electron chi connectivity index (χ3n) is 3.55. The predicted molar refractivity (Wildman–Crippen MR) is 83.8 cm³/mol. The van der Waals surface area contributed by atoms with Gasteiger partial charge >= 0.3 is 6.55 Å². The van der Waals surface area contributed by atoms with Crippen molar-refractivity contribution in [2.75, 3.05) is 0 Å². The third kappa shape index (κ3) is 3.16. The van der Waals surface area contributed by atoms with Gasteiger partial charge in [-0.3, -0.25) is 19.5 Å². The first-order valence-corrected chi connectivity index (χ1v) is 7.11. The van der Waals surface area contributed by atoms with Crippen molar-refractivity contribution in [2.45, 2.75) is 13.2 Å².